The van der Waals surface area contributed by atoms with Crippen molar-refractivity contribution in [1.29, 1.82) is 0 Å². The first-order valence-electron chi connectivity index (χ1n) is 7.56. The second-order valence-corrected chi connectivity index (χ2v) is 6.21. The van der Waals surface area contributed by atoms with Crippen LogP contribution in [0.4, 0.5) is 5.69 Å². The quantitative estimate of drug-likeness (QED) is 0.641. The number of aromatic nitrogens is 1. The van der Waals surface area contributed by atoms with Gasteiger partial charge >= 0.3 is 0 Å². The topological polar surface area (TPSA) is 24.9 Å². The fourth-order valence-corrected chi connectivity index (χ4v) is 2.98. The predicted molar refractivity (Wildman–Crippen MR) is 89.4 cm³/mol. The maximum Gasteiger partial charge on any atom is 0.123 e. The van der Waals surface area contributed by atoms with Gasteiger partial charge in [-0.2, -0.15) is 0 Å². The fraction of sp³-hybridized carbons (Fsp3) is 0.471. The van der Waals surface area contributed by atoms with Gasteiger partial charge < -0.3 is 5.32 Å². The number of rotatable bonds is 8. The van der Waals surface area contributed by atoms with Crippen LogP contribution in [0.25, 0.3) is 10.6 Å². The Labute approximate surface area is 126 Å². The average Bonchev–Trinajstić information content (AvgIpc) is 2.98. The van der Waals surface area contributed by atoms with E-state index in [1.54, 1.807) is 11.3 Å². The van der Waals surface area contributed by atoms with E-state index in [1.807, 2.05) is 11.6 Å². The van der Waals surface area contributed by atoms with Crippen molar-refractivity contribution in [1.82, 2.24) is 4.98 Å². The zero-order chi connectivity index (χ0) is 14.2. The van der Waals surface area contributed by atoms with Crippen LogP contribution in [0.3, 0.4) is 0 Å². The smallest absolute Gasteiger partial charge is 0.123 e. The van der Waals surface area contributed by atoms with Gasteiger partial charge in [0.15, 0.2) is 0 Å². The Balaban J connectivity index is 1.88. The van der Waals surface area contributed by atoms with Crippen molar-refractivity contribution >= 4 is 17.0 Å². The van der Waals surface area contributed by atoms with Gasteiger partial charge in [0, 0.05) is 28.9 Å². The molecular formula is C17H24N2S. The highest BCUT2D eigenvalue weighted by atomic mass is 32.1. The largest absolute Gasteiger partial charge is 0.383 e. The van der Waals surface area contributed by atoms with E-state index in [9.17, 15) is 0 Å². The summed E-state index contributed by atoms with van der Waals surface area (Å²) in [6, 6.07) is 9.08. The van der Waals surface area contributed by atoms with E-state index >= 15 is 0 Å². The normalized spacial score (nSPS) is 12.3. The third-order valence-electron chi connectivity index (χ3n) is 3.45. The zero-order valence-electron chi connectivity index (χ0n) is 12.4. The molecule has 0 aliphatic carbocycles. The van der Waals surface area contributed by atoms with Crippen LogP contribution < -0.4 is 5.32 Å². The van der Waals surface area contributed by atoms with Crippen LogP contribution in [0.5, 0.6) is 0 Å². The van der Waals surface area contributed by atoms with E-state index in [0.717, 1.165) is 5.01 Å². The maximum absolute atomic E-state index is 4.37. The summed E-state index contributed by atoms with van der Waals surface area (Å²) in [5, 5.41) is 6.70. The Morgan fingerprint density at radius 2 is 2.15 bits per heavy atom. The van der Waals surface area contributed by atoms with E-state index < -0.39 is 0 Å². The van der Waals surface area contributed by atoms with Crippen LogP contribution >= 0.6 is 11.3 Å². The number of benzene rings is 1. The molecule has 3 heteroatoms. The number of unbranched alkanes of at least 4 members (excludes halogenated alkanes) is 3. The van der Waals surface area contributed by atoms with Crippen LogP contribution in [0.15, 0.2) is 35.8 Å². The Morgan fingerprint density at radius 3 is 2.90 bits per heavy atom. The molecule has 1 N–H and O–H groups in total. The lowest BCUT2D eigenvalue weighted by atomic mass is 10.1. The van der Waals surface area contributed by atoms with Crippen molar-refractivity contribution in [3.8, 4) is 10.6 Å². The molecule has 1 unspecified atom stereocenters. The van der Waals surface area contributed by atoms with Gasteiger partial charge in [-0.05, 0) is 25.5 Å². The summed E-state index contributed by atoms with van der Waals surface area (Å²) in [6.07, 6.45) is 8.41. The Kier molecular flexibility index (Phi) is 6.06. The second kappa shape index (κ2) is 8.05. The Morgan fingerprint density at radius 1 is 1.25 bits per heavy atom. The molecule has 20 heavy (non-hydrogen) atoms. The molecule has 0 aliphatic heterocycles. The van der Waals surface area contributed by atoms with Crippen LogP contribution in [0.2, 0.25) is 0 Å². The first-order chi connectivity index (χ1) is 9.79. The number of nitrogens with one attached hydrogen (secondary N) is 1. The third kappa shape index (κ3) is 4.64. The zero-order valence-corrected chi connectivity index (χ0v) is 13.2. The Hall–Kier alpha value is -1.35. The van der Waals surface area contributed by atoms with Gasteiger partial charge in [-0.3, -0.25) is 0 Å². The lowest BCUT2D eigenvalue weighted by Crippen LogP contribution is -2.14. The molecule has 0 amide bonds. The van der Waals surface area contributed by atoms with Gasteiger partial charge in [0.2, 0.25) is 0 Å². The SMILES string of the molecule is CCCCCCC(C)Nc1cccc(-c2nccs2)c1. The summed E-state index contributed by atoms with van der Waals surface area (Å²) in [7, 11) is 0. The van der Waals surface area contributed by atoms with Crippen molar-refractivity contribution in [2.24, 2.45) is 0 Å². The minimum absolute atomic E-state index is 0.526. The summed E-state index contributed by atoms with van der Waals surface area (Å²) in [5.41, 5.74) is 2.39. The molecule has 1 aromatic heterocycles. The molecule has 2 rings (SSSR count). The highest BCUT2D eigenvalue weighted by molar-refractivity contribution is 7.13. The van der Waals surface area contributed by atoms with Crippen LogP contribution in [-0.4, -0.2) is 11.0 Å². The van der Waals surface area contributed by atoms with Gasteiger partial charge in [-0.1, -0.05) is 44.7 Å². The van der Waals surface area contributed by atoms with Crippen LogP contribution in [0, 0.1) is 0 Å². The molecule has 2 aromatic rings. The van der Waals surface area contributed by atoms with E-state index in [-0.39, 0.29) is 0 Å². The maximum atomic E-state index is 4.37. The molecule has 1 heterocycles. The number of hydrogen-bond acceptors (Lipinski definition) is 3. The Bertz CT molecular complexity index is 493. The average molecular weight is 288 g/mol. The van der Waals surface area contributed by atoms with Gasteiger partial charge in [-0.15, -0.1) is 11.3 Å². The van der Waals surface area contributed by atoms with Gasteiger partial charge in [0.1, 0.15) is 5.01 Å². The second-order valence-electron chi connectivity index (χ2n) is 5.31. The molecule has 0 spiro atoms. The number of hydrogen-bond donors (Lipinski definition) is 1. The van der Waals surface area contributed by atoms with Crippen LogP contribution in [0.1, 0.15) is 46.0 Å². The summed E-state index contributed by atoms with van der Waals surface area (Å²) in [6.45, 7) is 4.52. The van der Waals surface area contributed by atoms with Gasteiger partial charge in [-0.25, -0.2) is 4.98 Å². The fourth-order valence-electron chi connectivity index (χ4n) is 2.34. The van der Waals surface area contributed by atoms with Crippen molar-refractivity contribution < 1.29 is 0 Å². The molecule has 2 nitrogen and oxygen atoms in total. The molecular weight excluding hydrogens is 264 g/mol. The van der Waals surface area contributed by atoms with Crippen molar-refractivity contribution in [2.45, 2.75) is 52.0 Å². The highest BCUT2D eigenvalue weighted by Crippen LogP contribution is 2.25. The summed E-state index contributed by atoms with van der Waals surface area (Å²) in [4.78, 5) is 4.37. The third-order valence-corrected chi connectivity index (χ3v) is 4.27. The van der Waals surface area contributed by atoms with Crippen molar-refractivity contribution in [3.63, 3.8) is 0 Å². The number of thiazole rings is 1. The van der Waals surface area contributed by atoms with Gasteiger partial charge in [0.05, 0.1) is 0 Å². The molecule has 0 aliphatic rings. The van der Waals surface area contributed by atoms with E-state index in [2.05, 4.69) is 48.4 Å². The van der Waals surface area contributed by atoms with E-state index in [4.69, 9.17) is 0 Å². The lowest BCUT2D eigenvalue weighted by Gasteiger charge is -2.15. The molecule has 0 saturated carbocycles. The van der Waals surface area contributed by atoms with Crippen LogP contribution in [-0.2, 0) is 0 Å². The first-order valence-corrected chi connectivity index (χ1v) is 8.44. The minimum atomic E-state index is 0.526. The molecule has 0 fully saturated rings. The highest BCUT2D eigenvalue weighted by Gasteiger charge is 2.04. The standard InChI is InChI=1S/C17H24N2S/c1-3-4-5-6-8-14(2)19-16-10-7-9-15(13-16)17-18-11-12-20-17/h7,9-14,19H,3-6,8H2,1-2H3. The summed E-state index contributed by atoms with van der Waals surface area (Å²) >= 11 is 1.68. The molecule has 108 valence electrons. The molecule has 0 saturated heterocycles. The molecule has 1 atom stereocenters. The minimum Gasteiger partial charge on any atom is -0.383 e. The summed E-state index contributed by atoms with van der Waals surface area (Å²) < 4.78 is 0. The summed E-state index contributed by atoms with van der Waals surface area (Å²) in [5.74, 6) is 0. The van der Waals surface area contributed by atoms with E-state index in [0.29, 0.717) is 6.04 Å². The molecule has 1 aromatic carbocycles. The molecule has 0 radical (unpaired) electrons. The number of anilines is 1. The molecule has 0 bridgehead atoms. The monoisotopic (exact) mass is 288 g/mol. The van der Waals surface area contributed by atoms with E-state index in [1.165, 1.54) is 43.4 Å². The first kappa shape index (κ1) is 15.0. The van der Waals surface area contributed by atoms with Crippen molar-refractivity contribution in [2.75, 3.05) is 5.32 Å². The van der Waals surface area contributed by atoms with Crippen molar-refractivity contribution in [3.05, 3.63) is 35.8 Å². The predicted octanol–water partition coefficient (Wildman–Crippen LogP) is 5.58. The number of nitrogens with zero attached hydrogens (tertiary/aromatic N) is 1. The lowest BCUT2D eigenvalue weighted by molar-refractivity contribution is 0.594. The van der Waals surface area contributed by atoms with Gasteiger partial charge in [0.25, 0.3) is 0 Å².